The summed E-state index contributed by atoms with van der Waals surface area (Å²) in [5.41, 5.74) is 5.96. The highest BCUT2D eigenvalue weighted by atomic mass is 19.3. The Morgan fingerprint density at radius 1 is 1.17 bits per heavy atom. The molecule has 0 unspecified atom stereocenters. The van der Waals surface area contributed by atoms with Gasteiger partial charge in [0.15, 0.2) is 5.82 Å². The van der Waals surface area contributed by atoms with Crippen molar-refractivity contribution in [2.45, 2.75) is 24.7 Å². The van der Waals surface area contributed by atoms with Crippen LogP contribution in [0.5, 0.6) is 0 Å². The van der Waals surface area contributed by atoms with Gasteiger partial charge < -0.3 is 5.73 Å². The lowest BCUT2D eigenvalue weighted by molar-refractivity contribution is 0.102. The van der Waals surface area contributed by atoms with Crippen molar-refractivity contribution in [1.29, 1.82) is 0 Å². The summed E-state index contributed by atoms with van der Waals surface area (Å²) in [6, 6.07) is 4.48. The molecule has 3 aromatic rings. The number of hydrogen-bond acceptors (Lipinski definition) is 4. The Bertz CT molecular complexity index is 884. The number of aromatic nitrogens is 4. The van der Waals surface area contributed by atoms with Crippen molar-refractivity contribution in [1.82, 2.24) is 19.6 Å². The maximum Gasteiger partial charge on any atom is 0.248 e. The lowest BCUT2D eigenvalue weighted by atomic mass is 9.98. The van der Waals surface area contributed by atoms with E-state index in [2.05, 4.69) is 15.1 Å². The topological polar surface area (TPSA) is 69.1 Å². The maximum absolute atomic E-state index is 13.9. The van der Waals surface area contributed by atoms with Crippen LogP contribution in [0.4, 0.5) is 19.1 Å². The smallest absolute Gasteiger partial charge is 0.248 e. The number of nitrogens with two attached hydrogens (primary N) is 1. The molecule has 1 fully saturated rings. The van der Waals surface area contributed by atoms with E-state index < -0.39 is 17.7 Å². The Balaban J connectivity index is 1.79. The predicted molar refractivity (Wildman–Crippen MR) is 77.5 cm³/mol. The first kappa shape index (κ1) is 14.0. The van der Waals surface area contributed by atoms with E-state index in [-0.39, 0.29) is 11.5 Å². The summed E-state index contributed by atoms with van der Waals surface area (Å²) in [7, 11) is 0. The summed E-state index contributed by atoms with van der Waals surface area (Å²) < 4.78 is 41.5. The Labute approximate surface area is 129 Å². The second kappa shape index (κ2) is 4.68. The number of nitrogen functional groups attached to an aromatic ring is 1. The highest BCUT2D eigenvalue weighted by molar-refractivity contribution is 5.64. The zero-order valence-corrected chi connectivity index (χ0v) is 11.9. The minimum absolute atomic E-state index is 0.000559. The molecule has 0 atom stereocenters. The van der Waals surface area contributed by atoms with Gasteiger partial charge in [-0.05, 0) is 24.5 Å². The molecule has 0 saturated heterocycles. The van der Waals surface area contributed by atoms with E-state index in [0.717, 1.165) is 0 Å². The number of fused-ring (bicyclic) bond motifs is 1. The van der Waals surface area contributed by atoms with E-state index in [1.165, 1.54) is 23.0 Å². The van der Waals surface area contributed by atoms with Crippen molar-refractivity contribution < 1.29 is 13.2 Å². The molecule has 0 radical (unpaired) electrons. The third-order valence-corrected chi connectivity index (χ3v) is 4.29. The summed E-state index contributed by atoms with van der Waals surface area (Å²) in [6.07, 6.45) is 1.22. The molecule has 0 spiro atoms. The maximum atomic E-state index is 13.9. The molecule has 1 saturated carbocycles. The predicted octanol–water partition coefficient (Wildman–Crippen LogP) is 2.81. The Kier molecular flexibility index (Phi) is 2.84. The standard InChI is InChI=1S/C15H12F3N5/c16-9-5-11(23-12(9)7-21-14(19)22-23)10-2-1-8(6-20-10)15(3-4-15)13(17)18/h1-2,5-7,13H,3-4H2,(H2,19,22). The summed E-state index contributed by atoms with van der Waals surface area (Å²) in [5, 5.41) is 3.97. The fourth-order valence-electron chi connectivity index (χ4n) is 2.76. The van der Waals surface area contributed by atoms with Crippen molar-refractivity contribution in [3.63, 3.8) is 0 Å². The fourth-order valence-corrected chi connectivity index (χ4v) is 2.76. The van der Waals surface area contributed by atoms with Gasteiger partial charge in [-0.25, -0.2) is 22.7 Å². The zero-order chi connectivity index (χ0) is 16.2. The third-order valence-electron chi connectivity index (χ3n) is 4.29. The van der Waals surface area contributed by atoms with Crippen LogP contribution < -0.4 is 5.73 Å². The monoisotopic (exact) mass is 319 g/mol. The molecule has 5 nitrogen and oxygen atoms in total. The third kappa shape index (κ3) is 2.05. The molecule has 3 aromatic heterocycles. The molecule has 0 aliphatic heterocycles. The number of nitrogens with zero attached hydrogens (tertiary/aromatic N) is 4. The molecular weight excluding hydrogens is 307 g/mol. The van der Waals surface area contributed by atoms with Gasteiger partial charge in [-0.3, -0.25) is 4.98 Å². The summed E-state index contributed by atoms with van der Waals surface area (Å²) in [4.78, 5) is 7.96. The minimum Gasteiger partial charge on any atom is -0.367 e. The molecule has 2 N–H and O–H groups in total. The van der Waals surface area contributed by atoms with Crippen LogP contribution in [0.2, 0.25) is 0 Å². The highest BCUT2D eigenvalue weighted by Gasteiger charge is 2.52. The molecule has 0 bridgehead atoms. The Morgan fingerprint density at radius 2 is 1.96 bits per heavy atom. The van der Waals surface area contributed by atoms with Crippen molar-refractivity contribution in [3.8, 4) is 11.4 Å². The molecule has 118 valence electrons. The number of anilines is 1. The molecule has 23 heavy (non-hydrogen) atoms. The first-order chi connectivity index (χ1) is 11.0. The van der Waals surface area contributed by atoms with Crippen LogP contribution in [-0.4, -0.2) is 26.0 Å². The summed E-state index contributed by atoms with van der Waals surface area (Å²) >= 11 is 0. The van der Waals surface area contributed by atoms with E-state index >= 15 is 0 Å². The lowest BCUT2D eigenvalue weighted by Crippen LogP contribution is -2.17. The van der Waals surface area contributed by atoms with Crippen molar-refractivity contribution in [2.75, 3.05) is 5.73 Å². The summed E-state index contributed by atoms with van der Waals surface area (Å²) in [6.45, 7) is 0. The van der Waals surface area contributed by atoms with Crippen LogP contribution in [0.3, 0.4) is 0 Å². The second-order valence-corrected chi connectivity index (χ2v) is 5.68. The van der Waals surface area contributed by atoms with Gasteiger partial charge in [0.2, 0.25) is 12.4 Å². The van der Waals surface area contributed by atoms with Gasteiger partial charge >= 0.3 is 0 Å². The molecule has 0 aromatic carbocycles. The number of halogens is 3. The van der Waals surface area contributed by atoms with Crippen LogP contribution >= 0.6 is 0 Å². The lowest BCUT2D eigenvalue weighted by Gasteiger charge is -2.14. The number of hydrogen-bond donors (Lipinski definition) is 1. The first-order valence-corrected chi connectivity index (χ1v) is 7.06. The van der Waals surface area contributed by atoms with E-state index in [4.69, 9.17) is 5.73 Å². The molecule has 3 heterocycles. The minimum atomic E-state index is -2.41. The van der Waals surface area contributed by atoms with Crippen LogP contribution in [0.1, 0.15) is 18.4 Å². The highest BCUT2D eigenvalue weighted by Crippen LogP contribution is 2.52. The van der Waals surface area contributed by atoms with Crippen LogP contribution in [0, 0.1) is 5.82 Å². The van der Waals surface area contributed by atoms with Gasteiger partial charge in [-0.2, -0.15) is 0 Å². The fraction of sp³-hybridized carbons (Fsp3) is 0.267. The average molecular weight is 319 g/mol. The number of rotatable bonds is 3. The molecule has 8 heteroatoms. The molecule has 1 aliphatic rings. The molecular formula is C15H12F3N5. The Hall–Kier alpha value is -2.64. The van der Waals surface area contributed by atoms with E-state index in [1.807, 2.05) is 0 Å². The average Bonchev–Trinajstić information content (AvgIpc) is 3.29. The SMILES string of the molecule is Nc1ncc2c(F)cc(-c3ccc(C4(C(F)F)CC4)cn3)n2n1. The second-order valence-electron chi connectivity index (χ2n) is 5.68. The van der Waals surface area contributed by atoms with Crippen LogP contribution in [0.15, 0.2) is 30.6 Å². The van der Waals surface area contributed by atoms with Gasteiger partial charge in [-0.1, -0.05) is 6.07 Å². The van der Waals surface area contributed by atoms with Crippen LogP contribution in [0.25, 0.3) is 16.9 Å². The van der Waals surface area contributed by atoms with Gasteiger partial charge in [0.1, 0.15) is 5.52 Å². The molecule has 4 rings (SSSR count). The number of alkyl halides is 2. The largest absolute Gasteiger partial charge is 0.367 e. The first-order valence-electron chi connectivity index (χ1n) is 7.06. The Morgan fingerprint density at radius 3 is 2.57 bits per heavy atom. The number of pyridine rings is 1. The van der Waals surface area contributed by atoms with Gasteiger partial charge in [-0.15, -0.1) is 5.10 Å². The van der Waals surface area contributed by atoms with E-state index in [1.54, 1.807) is 12.1 Å². The quantitative estimate of drug-likeness (QED) is 0.806. The van der Waals surface area contributed by atoms with Crippen molar-refractivity contribution in [2.24, 2.45) is 0 Å². The van der Waals surface area contributed by atoms with Crippen LogP contribution in [-0.2, 0) is 5.41 Å². The summed E-state index contributed by atoms with van der Waals surface area (Å²) in [5.74, 6) is -0.502. The van der Waals surface area contributed by atoms with Crippen molar-refractivity contribution >= 4 is 11.5 Å². The molecule has 1 aliphatic carbocycles. The normalized spacial score (nSPS) is 16.2. The van der Waals surface area contributed by atoms with Gasteiger partial charge in [0, 0.05) is 12.3 Å². The molecule has 0 amide bonds. The van der Waals surface area contributed by atoms with Gasteiger partial charge in [0.05, 0.1) is 23.0 Å². The van der Waals surface area contributed by atoms with E-state index in [9.17, 15) is 13.2 Å². The van der Waals surface area contributed by atoms with Crippen molar-refractivity contribution in [3.05, 3.63) is 42.0 Å². The van der Waals surface area contributed by atoms with E-state index in [0.29, 0.717) is 29.8 Å². The zero-order valence-electron chi connectivity index (χ0n) is 11.9. The van der Waals surface area contributed by atoms with Gasteiger partial charge in [0.25, 0.3) is 0 Å².